The minimum absolute atomic E-state index is 0.0625. The first kappa shape index (κ1) is 21.6. The van der Waals surface area contributed by atoms with Crippen LogP contribution in [0, 0.1) is 5.82 Å². The maximum Gasteiger partial charge on any atom is 0.295 e. The zero-order valence-electron chi connectivity index (χ0n) is 17.1. The maximum atomic E-state index is 13.3. The van der Waals surface area contributed by atoms with E-state index in [2.05, 4.69) is 0 Å². The van der Waals surface area contributed by atoms with Crippen molar-refractivity contribution >= 4 is 29.1 Å². The van der Waals surface area contributed by atoms with E-state index in [4.69, 9.17) is 16.3 Å². The molecule has 1 amide bonds. The minimum atomic E-state index is -0.844. The number of benzene rings is 3. The maximum absolute atomic E-state index is 13.3. The van der Waals surface area contributed by atoms with E-state index in [0.29, 0.717) is 16.9 Å². The molecule has 4 rings (SSSR count). The van der Waals surface area contributed by atoms with Gasteiger partial charge < -0.3 is 14.7 Å². The van der Waals surface area contributed by atoms with E-state index in [1.54, 1.807) is 48.5 Å². The van der Waals surface area contributed by atoms with Gasteiger partial charge in [0, 0.05) is 12.1 Å². The Hall–Kier alpha value is -3.64. The Labute approximate surface area is 189 Å². The summed E-state index contributed by atoms with van der Waals surface area (Å²) >= 11 is 6.29. The summed E-state index contributed by atoms with van der Waals surface area (Å²) < 4.78 is 18.5. The summed E-state index contributed by atoms with van der Waals surface area (Å²) in [6, 6.07) is 18.4. The number of aliphatic hydroxyl groups excluding tert-OH is 1. The molecule has 1 saturated heterocycles. The van der Waals surface area contributed by atoms with Gasteiger partial charge in [0.05, 0.1) is 23.7 Å². The van der Waals surface area contributed by atoms with Gasteiger partial charge in [0.2, 0.25) is 0 Å². The molecule has 0 bridgehead atoms. The zero-order valence-corrected chi connectivity index (χ0v) is 17.8. The van der Waals surface area contributed by atoms with E-state index < -0.39 is 23.5 Å². The smallest absolute Gasteiger partial charge is 0.295 e. The number of halogens is 2. The van der Waals surface area contributed by atoms with Crippen LogP contribution in [0.15, 0.2) is 78.4 Å². The Balaban J connectivity index is 1.87. The van der Waals surface area contributed by atoms with Gasteiger partial charge in [-0.3, -0.25) is 9.59 Å². The molecular weight excluding hydrogens is 433 g/mol. The van der Waals surface area contributed by atoms with E-state index >= 15 is 0 Å². The van der Waals surface area contributed by atoms with Crippen molar-refractivity contribution in [1.82, 2.24) is 4.90 Å². The Bertz CT molecular complexity index is 1210. The average molecular weight is 452 g/mol. The summed E-state index contributed by atoms with van der Waals surface area (Å²) in [5.74, 6) is -1.93. The van der Waals surface area contributed by atoms with Crippen molar-refractivity contribution < 1.29 is 23.8 Å². The van der Waals surface area contributed by atoms with Crippen molar-refractivity contribution in [3.63, 3.8) is 0 Å². The van der Waals surface area contributed by atoms with Crippen LogP contribution in [0.1, 0.15) is 22.7 Å². The number of Topliss-reactive ketones (excluding diaryl/α,β-unsaturated/α-hetero) is 1. The van der Waals surface area contributed by atoms with Crippen molar-refractivity contribution in [1.29, 1.82) is 0 Å². The lowest BCUT2D eigenvalue weighted by molar-refractivity contribution is -0.140. The molecule has 3 aromatic carbocycles. The van der Waals surface area contributed by atoms with Crippen LogP contribution in [-0.4, -0.2) is 28.8 Å². The first-order valence-electron chi connectivity index (χ1n) is 9.82. The highest BCUT2D eigenvalue weighted by Gasteiger charge is 2.46. The summed E-state index contributed by atoms with van der Waals surface area (Å²) in [5.41, 5.74) is 1.41. The van der Waals surface area contributed by atoms with Crippen LogP contribution in [-0.2, 0) is 16.1 Å². The second-order valence-electron chi connectivity index (χ2n) is 7.31. The molecular formula is C25H19ClFNO4. The first-order chi connectivity index (χ1) is 15.4. The van der Waals surface area contributed by atoms with Crippen LogP contribution in [0.5, 0.6) is 5.75 Å². The summed E-state index contributed by atoms with van der Waals surface area (Å²) in [6.45, 7) is 0.0625. The molecule has 1 N–H and O–H groups in total. The molecule has 0 radical (unpaired) electrons. The number of ether oxygens (including phenoxy) is 1. The molecule has 32 heavy (non-hydrogen) atoms. The molecule has 162 valence electrons. The Kier molecular flexibility index (Phi) is 5.97. The van der Waals surface area contributed by atoms with Crippen LogP contribution in [0.3, 0.4) is 0 Å². The second kappa shape index (κ2) is 8.85. The summed E-state index contributed by atoms with van der Waals surface area (Å²) in [7, 11) is 1.47. The van der Waals surface area contributed by atoms with Gasteiger partial charge in [-0.1, -0.05) is 54.1 Å². The number of methoxy groups -OCH3 is 1. The summed E-state index contributed by atoms with van der Waals surface area (Å²) in [5, 5.41) is 11.4. The molecule has 1 heterocycles. The van der Waals surface area contributed by atoms with E-state index in [1.807, 2.05) is 6.07 Å². The molecule has 1 unspecified atom stereocenters. The lowest BCUT2D eigenvalue weighted by Gasteiger charge is -2.25. The van der Waals surface area contributed by atoms with Crippen molar-refractivity contribution in [2.24, 2.45) is 0 Å². The predicted octanol–water partition coefficient (Wildman–Crippen LogP) is 5.11. The zero-order chi connectivity index (χ0) is 22.8. The highest BCUT2D eigenvalue weighted by molar-refractivity contribution is 6.47. The van der Waals surface area contributed by atoms with Crippen LogP contribution in [0.25, 0.3) is 5.76 Å². The lowest BCUT2D eigenvalue weighted by Crippen LogP contribution is -2.29. The van der Waals surface area contributed by atoms with Gasteiger partial charge in [0.1, 0.15) is 17.3 Å². The molecule has 5 nitrogen and oxygen atoms in total. The third-order valence-corrected chi connectivity index (χ3v) is 5.68. The van der Waals surface area contributed by atoms with E-state index in [0.717, 1.165) is 0 Å². The first-order valence-corrected chi connectivity index (χ1v) is 10.2. The monoisotopic (exact) mass is 451 g/mol. The number of hydrogen-bond donors (Lipinski definition) is 1. The molecule has 0 aliphatic carbocycles. The second-order valence-corrected chi connectivity index (χ2v) is 7.72. The number of carbonyl (C=O) groups excluding carboxylic acids is 2. The van der Waals surface area contributed by atoms with Gasteiger partial charge in [-0.25, -0.2) is 4.39 Å². The fourth-order valence-electron chi connectivity index (χ4n) is 3.77. The number of carbonyl (C=O) groups is 2. The van der Waals surface area contributed by atoms with E-state index in [9.17, 15) is 19.1 Å². The predicted molar refractivity (Wildman–Crippen MR) is 119 cm³/mol. The van der Waals surface area contributed by atoms with E-state index in [1.165, 1.54) is 30.2 Å². The molecule has 0 aromatic heterocycles. The van der Waals surface area contributed by atoms with Gasteiger partial charge in [0.25, 0.3) is 11.7 Å². The molecule has 1 aliphatic heterocycles. The molecule has 0 spiro atoms. The third-order valence-electron chi connectivity index (χ3n) is 5.35. The number of amides is 1. The Morgan fingerprint density at radius 2 is 1.75 bits per heavy atom. The molecule has 1 aliphatic rings. The van der Waals surface area contributed by atoms with Crippen molar-refractivity contribution in [3.05, 3.63) is 106 Å². The SMILES string of the molecule is COc1ccc(Cl)c(/C(O)=C2\C(=O)C(=O)N(Cc3ccc(F)cc3)C2c2ccccc2)c1. The van der Waals surface area contributed by atoms with Crippen LogP contribution in [0.4, 0.5) is 4.39 Å². The van der Waals surface area contributed by atoms with Crippen LogP contribution >= 0.6 is 11.6 Å². The van der Waals surface area contributed by atoms with E-state index in [-0.39, 0.29) is 28.5 Å². The van der Waals surface area contributed by atoms with Gasteiger partial charge in [0.15, 0.2) is 0 Å². The third kappa shape index (κ3) is 3.97. The molecule has 1 fully saturated rings. The number of likely N-dealkylation sites (tertiary alicyclic amines) is 1. The Morgan fingerprint density at radius 3 is 2.41 bits per heavy atom. The fraction of sp³-hybridized carbons (Fsp3) is 0.120. The van der Waals surface area contributed by atoms with Gasteiger partial charge in [-0.15, -0.1) is 0 Å². The standard InChI is InChI=1S/C25H19ClFNO4/c1-32-18-11-12-20(26)19(13-18)23(29)21-22(16-5-3-2-4-6-16)28(25(31)24(21)30)14-15-7-9-17(27)10-8-15/h2-13,22,29H,14H2,1H3/b23-21+. The van der Waals surface area contributed by atoms with Crippen molar-refractivity contribution in [2.45, 2.75) is 12.6 Å². The summed E-state index contributed by atoms with van der Waals surface area (Å²) in [6.07, 6.45) is 0. The molecule has 7 heteroatoms. The molecule has 1 atom stereocenters. The highest BCUT2D eigenvalue weighted by atomic mass is 35.5. The van der Waals surface area contributed by atoms with Gasteiger partial charge in [-0.05, 0) is 41.5 Å². The molecule has 3 aromatic rings. The largest absolute Gasteiger partial charge is 0.507 e. The van der Waals surface area contributed by atoms with Gasteiger partial charge >= 0.3 is 0 Å². The number of aliphatic hydroxyl groups is 1. The van der Waals surface area contributed by atoms with Crippen LogP contribution < -0.4 is 4.74 Å². The fourth-order valence-corrected chi connectivity index (χ4v) is 3.98. The average Bonchev–Trinajstić information content (AvgIpc) is 3.06. The minimum Gasteiger partial charge on any atom is -0.507 e. The van der Waals surface area contributed by atoms with Crippen molar-refractivity contribution in [2.75, 3.05) is 7.11 Å². The Morgan fingerprint density at radius 1 is 1.06 bits per heavy atom. The van der Waals surface area contributed by atoms with Crippen molar-refractivity contribution in [3.8, 4) is 5.75 Å². The van der Waals surface area contributed by atoms with Crippen LogP contribution in [0.2, 0.25) is 5.02 Å². The number of ketones is 1. The number of hydrogen-bond acceptors (Lipinski definition) is 4. The molecule has 0 saturated carbocycles. The normalized spacial score (nSPS) is 17.6. The number of nitrogens with zero attached hydrogens (tertiary/aromatic N) is 1. The number of rotatable bonds is 5. The summed E-state index contributed by atoms with van der Waals surface area (Å²) in [4.78, 5) is 27.5. The lowest BCUT2D eigenvalue weighted by atomic mass is 9.95. The highest BCUT2D eigenvalue weighted by Crippen LogP contribution is 2.41. The van der Waals surface area contributed by atoms with Gasteiger partial charge in [-0.2, -0.15) is 0 Å². The quantitative estimate of drug-likeness (QED) is 0.332. The topological polar surface area (TPSA) is 66.8 Å².